The molecule has 0 saturated heterocycles. The number of carbonyl (C=O) groups excluding carboxylic acids is 1. The quantitative estimate of drug-likeness (QED) is 0.947. The van der Waals surface area contributed by atoms with E-state index in [0.717, 1.165) is 15.6 Å². The Balaban J connectivity index is 2.07. The lowest BCUT2D eigenvalue weighted by Crippen LogP contribution is -2.23. The van der Waals surface area contributed by atoms with Crippen LogP contribution in [0.15, 0.2) is 47.2 Å². The molecule has 1 amide bonds. The molecule has 0 aliphatic carbocycles. The zero-order valence-corrected chi connectivity index (χ0v) is 11.6. The van der Waals surface area contributed by atoms with Crippen molar-refractivity contribution in [2.24, 2.45) is 0 Å². The van der Waals surface area contributed by atoms with Gasteiger partial charge in [0.15, 0.2) is 0 Å². The molecular formula is C14H13BrN2O. The van der Waals surface area contributed by atoms with Gasteiger partial charge in [0.1, 0.15) is 0 Å². The van der Waals surface area contributed by atoms with Gasteiger partial charge in [0.2, 0.25) is 0 Å². The van der Waals surface area contributed by atoms with E-state index in [1.165, 1.54) is 0 Å². The van der Waals surface area contributed by atoms with Gasteiger partial charge in [-0.1, -0.05) is 12.1 Å². The van der Waals surface area contributed by atoms with E-state index in [1.807, 2.05) is 31.2 Å². The van der Waals surface area contributed by atoms with Crippen molar-refractivity contribution in [2.45, 2.75) is 13.5 Å². The van der Waals surface area contributed by atoms with Crippen molar-refractivity contribution in [2.75, 3.05) is 0 Å². The molecule has 0 aliphatic heterocycles. The summed E-state index contributed by atoms with van der Waals surface area (Å²) in [6.07, 6.45) is 3.42. The van der Waals surface area contributed by atoms with E-state index < -0.39 is 0 Å². The zero-order chi connectivity index (χ0) is 13.0. The minimum atomic E-state index is -0.0811. The highest BCUT2D eigenvalue weighted by atomic mass is 79.9. The summed E-state index contributed by atoms with van der Waals surface area (Å²) >= 11 is 3.44. The summed E-state index contributed by atoms with van der Waals surface area (Å²) in [4.78, 5) is 16.0. The van der Waals surface area contributed by atoms with Crippen molar-refractivity contribution in [3.8, 4) is 0 Å². The Bertz CT molecular complexity index is 555. The lowest BCUT2D eigenvalue weighted by molar-refractivity contribution is 0.0950. The lowest BCUT2D eigenvalue weighted by Gasteiger charge is -2.08. The van der Waals surface area contributed by atoms with Crippen LogP contribution in [0.3, 0.4) is 0 Å². The lowest BCUT2D eigenvalue weighted by atomic mass is 10.1. The number of nitrogens with zero attached hydrogens (tertiary/aromatic N) is 1. The Hall–Kier alpha value is -1.68. The normalized spacial score (nSPS) is 10.1. The maximum absolute atomic E-state index is 12.0. The van der Waals surface area contributed by atoms with Crippen LogP contribution < -0.4 is 5.32 Å². The zero-order valence-electron chi connectivity index (χ0n) is 9.98. The number of aromatic nitrogens is 1. The molecule has 2 aromatic rings. The molecular weight excluding hydrogens is 292 g/mol. The van der Waals surface area contributed by atoms with Crippen LogP contribution in [0.2, 0.25) is 0 Å². The highest BCUT2D eigenvalue weighted by Gasteiger charge is 2.10. The Labute approximate surface area is 114 Å². The van der Waals surface area contributed by atoms with Crippen LogP contribution in [0.1, 0.15) is 21.5 Å². The molecule has 1 heterocycles. The number of pyridine rings is 1. The second kappa shape index (κ2) is 5.78. The number of halogens is 1. The van der Waals surface area contributed by atoms with Gasteiger partial charge in [-0.15, -0.1) is 0 Å². The standard InChI is InChI=1S/C14H13BrN2O/c1-10-3-2-4-12(13(10)15)14(18)17-9-11-5-7-16-8-6-11/h2-8H,9H2,1H3,(H,17,18). The van der Waals surface area contributed by atoms with Crippen molar-refractivity contribution in [1.29, 1.82) is 0 Å². The second-order valence-corrected chi connectivity index (χ2v) is 4.77. The molecule has 0 radical (unpaired) electrons. The number of benzene rings is 1. The van der Waals surface area contributed by atoms with E-state index in [1.54, 1.807) is 18.5 Å². The van der Waals surface area contributed by atoms with Gasteiger partial charge >= 0.3 is 0 Å². The molecule has 0 fully saturated rings. The Morgan fingerprint density at radius 2 is 2.00 bits per heavy atom. The van der Waals surface area contributed by atoms with E-state index in [0.29, 0.717) is 12.1 Å². The number of nitrogens with one attached hydrogen (secondary N) is 1. The molecule has 0 bridgehead atoms. The third kappa shape index (κ3) is 2.96. The van der Waals surface area contributed by atoms with E-state index in [4.69, 9.17) is 0 Å². The molecule has 2 rings (SSSR count). The SMILES string of the molecule is Cc1cccc(C(=O)NCc2ccncc2)c1Br. The fraction of sp³-hybridized carbons (Fsp3) is 0.143. The van der Waals surface area contributed by atoms with Gasteiger partial charge in [-0.25, -0.2) is 0 Å². The molecule has 1 aromatic carbocycles. The molecule has 0 atom stereocenters. The molecule has 3 nitrogen and oxygen atoms in total. The molecule has 18 heavy (non-hydrogen) atoms. The first-order chi connectivity index (χ1) is 8.68. The molecule has 0 unspecified atom stereocenters. The fourth-order valence-corrected chi connectivity index (χ4v) is 2.05. The van der Waals surface area contributed by atoms with E-state index in [9.17, 15) is 4.79 Å². The van der Waals surface area contributed by atoms with Gasteiger partial charge in [-0.05, 0) is 52.2 Å². The van der Waals surface area contributed by atoms with E-state index in [-0.39, 0.29) is 5.91 Å². The molecule has 4 heteroatoms. The molecule has 1 aromatic heterocycles. The molecule has 1 N–H and O–H groups in total. The highest BCUT2D eigenvalue weighted by molar-refractivity contribution is 9.10. The summed E-state index contributed by atoms with van der Waals surface area (Å²) in [6.45, 7) is 2.46. The van der Waals surface area contributed by atoms with Gasteiger partial charge < -0.3 is 5.32 Å². The van der Waals surface area contributed by atoms with Gasteiger partial charge in [0.05, 0.1) is 5.56 Å². The van der Waals surface area contributed by atoms with Crippen LogP contribution in [0.25, 0.3) is 0 Å². The highest BCUT2D eigenvalue weighted by Crippen LogP contribution is 2.20. The van der Waals surface area contributed by atoms with Crippen LogP contribution in [-0.4, -0.2) is 10.9 Å². The van der Waals surface area contributed by atoms with Crippen LogP contribution in [0.4, 0.5) is 0 Å². The first-order valence-corrected chi connectivity index (χ1v) is 6.40. The van der Waals surface area contributed by atoms with Crippen molar-refractivity contribution < 1.29 is 4.79 Å². The maximum Gasteiger partial charge on any atom is 0.252 e. The molecule has 0 saturated carbocycles. The summed E-state index contributed by atoms with van der Waals surface area (Å²) in [5, 5.41) is 2.89. The summed E-state index contributed by atoms with van der Waals surface area (Å²) in [5.41, 5.74) is 2.73. The minimum Gasteiger partial charge on any atom is -0.348 e. The Morgan fingerprint density at radius 3 is 2.72 bits per heavy atom. The largest absolute Gasteiger partial charge is 0.348 e. The summed E-state index contributed by atoms with van der Waals surface area (Å²) in [6, 6.07) is 9.40. The van der Waals surface area contributed by atoms with Crippen molar-refractivity contribution >= 4 is 21.8 Å². The third-order valence-electron chi connectivity index (χ3n) is 2.64. The molecule has 0 aliphatic rings. The number of hydrogen-bond acceptors (Lipinski definition) is 2. The smallest absolute Gasteiger partial charge is 0.252 e. The fourth-order valence-electron chi connectivity index (χ4n) is 1.60. The summed E-state index contributed by atoms with van der Waals surface area (Å²) < 4.78 is 0.845. The monoisotopic (exact) mass is 304 g/mol. The minimum absolute atomic E-state index is 0.0811. The van der Waals surface area contributed by atoms with Crippen molar-refractivity contribution in [3.05, 3.63) is 63.9 Å². The number of hydrogen-bond donors (Lipinski definition) is 1. The average molecular weight is 305 g/mol. The summed E-state index contributed by atoms with van der Waals surface area (Å²) in [7, 11) is 0. The predicted octanol–water partition coefficient (Wildman–Crippen LogP) is 3.08. The molecule has 92 valence electrons. The van der Waals surface area contributed by atoms with Crippen molar-refractivity contribution in [1.82, 2.24) is 10.3 Å². The van der Waals surface area contributed by atoms with Crippen LogP contribution >= 0.6 is 15.9 Å². The van der Waals surface area contributed by atoms with E-state index >= 15 is 0 Å². The van der Waals surface area contributed by atoms with E-state index in [2.05, 4.69) is 26.2 Å². The van der Waals surface area contributed by atoms with Crippen LogP contribution in [-0.2, 0) is 6.54 Å². The Morgan fingerprint density at radius 1 is 1.28 bits per heavy atom. The van der Waals surface area contributed by atoms with Gasteiger partial charge in [0.25, 0.3) is 5.91 Å². The van der Waals surface area contributed by atoms with Gasteiger partial charge in [0, 0.05) is 23.4 Å². The maximum atomic E-state index is 12.0. The number of amides is 1. The first kappa shape index (κ1) is 12.8. The number of rotatable bonds is 3. The Kier molecular flexibility index (Phi) is 4.10. The topological polar surface area (TPSA) is 42.0 Å². The number of carbonyl (C=O) groups is 1. The average Bonchev–Trinajstić information content (AvgIpc) is 2.40. The first-order valence-electron chi connectivity index (χ1n) is 5.60. The predicted molar refractivity (Wildman–Crippen MR) is 74.3 cm³/mol. The number of aryl methyl sites for hydroxylation is 1. The summed E-state index contributed by atoms with van der Waals surface area (Å²) in [5.74, 6) is -0.0811. The van der Waals surface area contributed by atoms with Gasteiger partial charge in [-0.2, -0.15) is 0 Å². The van der Waals surface area contributed by atoms with Crippen LogP contribution in [0.5, 0.6) is 0 Å². The van der Waals surface area contributed by atoms with Gasteiger partial charge in [-0.3, -0.25) is 9.78 Å². The second-order valence-electron chi connectivity index (χ2n) is 3.97. The van der Waals surface area contributed by atoms with Crippen LogP contribution in [0, 0.1) is 6.92 Å². The van der Waals surface area contributed by atoms with Crippen molar-refractivity contribution in [3.63, 3.8) is 0 Å². The molecule has 0 spiro atoms. The third-order valence-corrected chi connectivity index (χ3v) is 3.69.